The lowest BCUT2D eigenvalue weighted by Gasteiger charge is -2.25. The number of hydrogen-bond acceptors (Lipinski definition) is 1. The van der Waals surface area contributed by atoms with Crippen LogP contribution in [0, 0.1) is 12.3 Å². The Kier molecular flexibility index (Phi) is 3.95. The smallest absolute Gasteiger partial charge is 0.0411 e. The van der Waals surface area contributed by atoms with Gasteiger partial charge in [-0.05, 0) is 29.5 Å². The molecule has 0 heterocycles. The van der Waals surface area contributed by atoms with Gasteiger partial charge in [0.1, 0.15) is 0 Å². The zero-order valence-corrected chi connectivity index (χ0v) is 12.9. The third-order valence-electron chi connectivity index (χ3n) is 3.28. The lowest BCUT2D eigenvalue weighted by molar-refractivity contribution is 0.509. The maximum Gasteiger partial charge on any atom is 0.0411 e. The zero-order valence-electron chi connectivity index (χ0n) is 12.9. The lowest BCUT2D eigenvalue weighted by atomic mass is 9.86. The first-order valence-corrected chi connectivity index (χ1v) is 6.59. The van der Waals surface area contributed by atoms with Crippen molar-refractivity contribution in [3.8, 4) is 0 Å². The zero-order chi connectivity index (χ0) is 14.1. The standard InChI is InChI=1S/C17H27N/c1-12-11-14(17(6,7)8)9-10-15(12)18-13(2)16(3,4)5/h9-11,18H,2H2,1,3-8H3. The molecule has 0 atom stereocenters. The van der Waals surface area contributed by atoms with Gasteiger partial charge >= 0.3 is 0 Å². The summed E-state index contributed by atoms with van der Waals surface area (Å²) in [5.41, 5.74) is 5.12. The summed E-state index contributed by atoms with van der Waals surface area (Å²) in [6.07, 6.45) is 0. The Hall–Kier alpha value is -1.24. The van der Waals surface area contributed by atoms with Crippen LogP contribution in [0.15, 0.2) is 30.5 Å². The summed E-state index contributed by atoms with van der Waals surface area (Å²) in [5.74, 6) is 0. The molecule has 1 N–H and O–H groups in total. The monoisotopic (exact) mass is 245 g/mol. The molecule has 0 aliphatic heterocycles. The van der Waals surface area contributed by atoms with Crippen LogP contribution in [-0.2, 0) is 5.41 Å². The van der Waals surface area contributed by atoms with E-state index in [1.165, 1.54) is 11.1 Å². The van der Waals surface area contributed by atoms with Crippen molar-refractivity contribution in [2.24, 2.45) is 5.41 Å². The Morgan fingerprint density at radius 3 is 2.00 bits per heavy atom. The van der Waals surface area contributed by atoms with E-state index >= 15 is 0 Å². The van der Waals surface area contributed by atoms with Crippen LogP contribution in [-0.4, -0.2) is 0 Å². The van der Waals surface area contributed by atoms with E-state index in [4.69, 9.17) is 0 Å². The molecule has 100 valence electrons. The van der Waals surface area contributed by atoms with Crippen molar-refractivity contribution < 1.29 is 0 Å². The topological polar surface area (TPSA) is 12.0 Å². The Labute approximate surface area is 112 Å². The Bertz CT molecular complexity index is 442. The fourth-order valence-corrected chi connectivity index (χ4v) is 1.62. The molecule has 18 heavy (non-hydrogen) atoms. The van der Waals surface area contributed by atoms with Crippen LogP contribution in [0.25, 0.3) is 0 Å². The highest BCUT2D eigenvalue weighted by Crippen LogP contribution is 2.30. The molecule has 0 amide bonds. The largest absolute Gasteiger partial charge is 0.359 e. The predicted octanol–water partition coefficient (Wildman–Crippen LogP) is 5.26. The van der Waals surface area contributed by atoms with Crippen molar-refractivity contribution in [3.63, 3.8) is 0 Å². The summed E-state index contributed by atoms with van der Waals surface area (Å²) in [5, 5.41) is 3.43. The average Bonchev–Trinajstić information content (AvgIpc) is 2.17. The molecular formula is C17H27N. The second-order valence-corrected chi connectivity index (χ2v) is 7.13. The molecule has 0 bridgehead atoms. The van der Waals surface area contributed by atoms with Crippen molar-refractivity contribution in [1.82, 2.24) is 0 Å². The fourth-order valence-electron chi connectivity index (χ4n) is 1.62. The van der Waals surface area contributed by atoms with Crippen LogP contribution in [0.1, 0.15) is 52.7 Å². The summed E-state index contributed by atoms with van der Waals surface area (Å²) < 4.78 is 0. The Morgan fingerprint density at radius 1 is 1.06 bits per heavy atom. The molecule has 1 rings (SSSR count). The summed E-state index contributed by atoms with van der Waals surface area (Å²) in [6.45, 7) is 19.5. The van der Waals surface area contributed by atoms with Crippen molar-refractivity contribution in [2.45, 2.75) is 53.9 Å². The number of rotatable bonds is 2. The van der Waals surface area contributed by atoms with Gasteiger partial charge in [-0.3, -0.25) is 0 Å². The Balaban J connectivity index is 2.98. The first kappa shape index (κ1) is 14.8. The van der Waals surface area contributed by atoms with E-state index in [0.29, 0.717) is 0 Å². The van der Waals surface area contributed by atoms with Crippen molar-refractivity contribution in [1.29, 1.82) is 0 Å². The summed E-state index contributed by atoms with van der Waals surface area (Å²) in [4.78, 5) is 0. The van der Waals surface area contributed by atoms with E-state index in [9.17, 15) is 0 Å². The van der Waals surface area contributed by atoms with Crippen molar-refractivity contribution >= 4 is 5.69 Å². The van der Waals surface area contributed by atoms with Crippen LogP contribution in [0.2, 0.25) is 0 Å². The van der Waals surface area contributed by atoms with Crippen molar-refractivity contribution in [3.05, 3.63) is 41.6 Å². The fraction of sp³-hybridized carbons (Fsp3) is 0.529. The van der Waals surface area contributed by atoms with Gasteiger partial charge in [-0.2, -0.15) is 0 Å². The molecule has 0 aromatic heterocycles. The maximum absolute atomic E-state index is 4.12. The number of hydrogen-bond donors (Lipinski definition) is 1. The quantitative estimate of drug-likeness (QED) is 0.749. The van der Waals surface area contributed by atoms with Gasteiger partial charge in [-0.1, -0.05) is 60.3 Å². The molecule has 1 heteroatoms. The van der Waals surface area contributed by atoms with Gasteiger partial charge in [0.2, 0.25) is 0 Å². The van der Waals surface area contributed by atoms with Crippen LogP contribution in [0.5, 0.6) is 0 Å². The predicted molar refractivity (Wildman–Crippen MR) is 82.1 cm³/mol. The van der Waals surface area contributed by atoms with Crippen LogP contribution in [0.3, 0.4) is 0 Å². The molecule has 0 saturated heterocycles. The molecule has 0 saturated carbocycles. The van der Waals surface area contributed by atoms with Gasteiger partial charge in [0, 0.05) is 16.8 Å². The van der Waals surface area contributed by atoms with Gasteiger partial charge in [-0.25, -0.2) is 0 Å². The first-order chi connectivity index (χ1) is 8.01. The minimum Gasteiger partial charge on any atom is -0.359 e. The number of allylic oxidation sites excluding steroid dienone is 1. The molecule has 0 spiro atoms. The minimum absolute atomic E-state index is 0.0785. The van der Waals surface area contributed by atoms with Crippen LogP contribution >= 0.6 is 0 Å². The van der Waals surface area contributed by atoms with Crippen LogP contribution < -0.4 is 5.32 Å². The van der Waals surface area contributed by atoms with E-state index in [1.54, 1.807) is 0 Å². The second-order valence-electron chi connectivity index (χ2n) is 7.13. The van der Waals surface area contributed by atoms with Gasteiger partial charge in [0.05, 0.1) is 0 Å². The minimum atomic E-state index is 0.0785. The van der Waals surface area contributed by atoms with E-state index in [0.717, 1.165) is 11.4 Å². The number of benzene rings is 1. The van der Waals surface area contributed by atoms with Gasteiger partial charge in [-0.15, -0.1) is 0 Å². The van der Waals surface area contributed by atoms with Crippen molar-refractivity contribution in [2.75, 3.05) is 5.32 Å². The maximum atomic E-state index is 4.12. The van der Waals surface area contributed by atoms with Gasteiger partial charge < -0.3 is 5.32 Å². The summed E-state index contributed by atoms with van der Waals surface area (Å²) in [7, 11) is 0. The van der Waals surface area contributed by atoms with E-state index in [-0.39, 0.29) is 10.8 Å². The molecule has 1 aromatic carbocycles. The third kappa shape index (κ3) is 3.63. The Morgan fingerprint density at radius 2 is 1.61 bits per heavy atom. The molecular weight excluding hydrogens is 218 g/mol. The molecule has 1 nitrogen and oxygen atoms in total. The average molecular weight is 245 g/mol. The molecule has 1 aromatic rings. The third-order valence-corrected chi connectivity index (χ3v) is 3.28. The molecule has 0 aliphatic rings. The normalized spacial score (nSPS) is 12.4. The van der Waals surface area contributed by atoms with E-state index in [2.05, 4.69) is 78.6 Å². The highest BCUT2D eigenvalue weighted by molar-refractivity contribution is 5.56. The summed E-state index contributed by atoms with van der Waals surface area (Å²) in [6, 6.07) is 6.62. The highest BCUT2D eigenvalue weighted by atomic mass is 14.9. The van der Waals surface area contributed by atoms with Crippen LogP contribution in [0.4, 0.5) is 5.69 Å². The molecule has 0 fully saturated rings. The molecule has 0 unspecified atom stereocenters. The second kappa shape index (κ2) is 4.79. The van der Waals surface area contributed by atoms with Gasteiger partial charge in [0.15, 0.2) is 0 Å². The van der Waals surface area contributed by atoms with E-state index < -0.39 is 0 Å². The summed E-state index contributed by atoms with van der Waals surface area (Å²) >= 11 is 0. The number of nitrogens with one attached hydrogen (secondary N) is 1. The SMILES string of the molecule is C=C(Nc1ccc(C(C)(C)C)cc1C)C(C)(C)C. The lowest BCUT2D eigenvalue weighted by Crippen LogP contribution is -2.16. The molecule has 0 radical (unpaired) electrons. The first-order valence-electron chi connectivity index (χ1n) is 6.59. The van der Waals surface area contributed by atoms with E-state index in [1.807, 2.05) is 0 Å². The van der Waals surface area contributed by atoms with Gasteiger partial charge in [0.25, 0.3) is 0 Å². The highest BCUT2D eigenvalue weighted by Gasteiger charge is 2.17. The number of aryl methyl sites for hydroxylation is 1. The molecule has 0 aliphatic carbocycles. The number of anilines is 1.